The molecule has 0 amide bonds. The summed E-state index contributed by atoms with van der Waals surface area (Å²) >= 11 is 0. The first kappa shape index (κ1) is 22.7. The zero-order chi connectivity index (χ0) is 22.4. The summed E-state index contributed by atoms with van der Waals surface area (Å²) in [6.07, 6.45) is 3.66. The van der Waals surface area contributed by atoms with Crippen LogP contribution in [0.1, 0.15) is 57.9 Å². The lowest BCUT2D eigenvalue weighted by molar-refractivity contribution is -0.137. The van der Waals surface area contributed by atoms with Crippen molar-refractivity contribution in [2.24, 2.45) is 10.4 Å². The molecular weight excluding hydrogens is 390 g/mol. The van der Waals surface area contributed by atoms with Gasteiger partial charge in [-0.1, -0.05) is 62.7 Å². The molecule has 0 spiro atoms. The van der Waals surface area contributed by atoms with Crippen LogP contribution in [-0.2, 0) is 16.0 Å². The van der Waals surface area contributed by atoms with Gasteiger partial charge >= 0.3 is 5.97 Å². The van der Waals surface area contributed by atoms with Gasteiger partial charge in [-0.15, -0.1) is 0 Å². The summed E-state index contributed by atoms with van der Waals surface area (Å²) in [5, 5.41) is 21.9. The molecule has 0 atom stereocenters. The van der Waals surface area contributed by atoms with Crippen LogP contribution in [0.3, 0.4) is 0 Å². The highest BCUT2D eigenvalue weighted by molar-refractivity contribution is 6.24. The second kappa shape index (κ2) is 9.90. The minimum atomic E-state index is -0.783. The number of aliphatic carboxylic acids is 1. The average Bonchev–Trinajstić information content (AvgIpc) is 2.69. The van der Waals surface area contributed by atoms with Crippen LogP contribution in [-0.4, -0.2) is 34.2 Å². The van der Waals surface area contributed by atoms with Crippen LogP contribution in [0.15, 0.2) is 58.8 Å². The van der Waals surface area contributed by atoms with E-state index in [-0.39, 0.29) is 23.4 Å². The standard InChI is InChI=1S/C26H31NO4/c1-26(2)16-21(27-14-7-3-4-13-24(30)31)25(23(29)17-26)22(28)15-19-11-8-10-18-9-5-6-12-20(18)19/h5-6,8-12,28H,3-4,7,13-17H2,1-2H3,(H,30,31)/b25-22+,27-21?. The molecule has 0 aromatic heterocycles. The van der Waals surface area contributed by atoms with Crippen molar-refractivity contribution in [3.05, 3.63) is 59.4 Å². The number of aliphatic hydroxyl groups is 1. The zero-order valence-electron chi connectivity index (χ0n) is 18.4. The number of carboxylic acid groups (broad SMARTS) is 1. The highest BCUT2D eigenvalue weighted by Crippen LogP contribution is 2.36. The summed E-state index contributed by atoms with van der Waals surface area (Å²) in [4.78, 5) is 28.3. The molecule has 1 aliphatic carbocycles. The Hall–Kier alpha value is -2.95. The SMILES string of the molecule is CC1(C)CC(=O)/C(=C(/O)Cc2cccc3ccccc23)C(=NCCCCCC(=O)O)C1. The van der Waals surface area contributed by atoms with Crippen LogP contribution < -0.4 is 0 Å². The van der Waals surface area contributed by atoms with Gasteiger partial charge in [-0.3, -0.25) is 14.6 Å². The summed E-state index contributed by atoms with van der Waals surface area (Å²) in [6.45, 7) is 4.63. The van der Waals surface area contributed by atoms with Crippen LogP contribution >= 0.6 is 0 Å². The maximum absolute atomic E-state index is 13.0. The number of benzene rings is 2. The summed E-state index contributed by atoms with van der Waals surface area (Å²) < 4.78 is 0. The van der Waals surface area contributed by atoms with Gasteiger partial charge in [-0.05, 0) is 41.0 Å². The second-order valence-corrected chi connectivity index (χ2v) is 9.11. The topological polar surface area (TPSA) is 87.0 Å². The van der Waals surface area contributed by atoms with Crippen molar-refractivity contribution in [1.82, 2.24) is 0 Å². The number of nitrogens with zero attached hydrogens (tertiary/aromatic N) is 1. The Morgan fingerprint density at radius 1 is 1.00 bits per heavy atom. The van der Waals surface area contributed by atoms with Crippen molar-refractivity contribution in [2.45, 2.75) is 58.8 Å². The maximum atomic E-state index is 13.0. The largest absolute Gasteiger partial charge is 0.511 e. The summed E-state index contributed by atoms with van der Waals surface area (Å²) in [5.74, 6) is -0.755. The van der Waals surface area contributed by atoms with Gasteiger partial charge in [0.1, 0.15) is 5.76 Å². The third kappa shape index (κ3) is 6.03. The number of ketones is 1. The molecule has 0 heterocycles. The second-order valence-electron chi connectivity index (χ2n) is 9.11. The first-order valence-electron chi connectivity index (χ1n) is 10.9. The number of allylic oxidation sites excluding steroid dienone is 2. The van der Waals surface area contributed by atoms with E-state index in [2.05, 4.69) is 4.99 Å². The minimum absolute atomic E-state index is 0.0568. The van der Waals surface area contributed by atoms with Gasteiger partial charge < -0.3 is 10.2 Å². The van der Waals surface area contributed by atoms with Crippen LogP contribution in [0.4, 0.5) is 0 Å². The fourth-order valence-electron chi connectivity index (χ4n) is 4.24. The van der Waals surface area contributed by atoms with Crippen molar-refractivity contribution in [2.75, 3.05) is 6.54 Å². The van der Waals surface area contributed by atoms with Crippen LogP contribution in [0.5, 0.6) is 0 Å². The molecule has 164 valence electrons. The molecule has 1 saturated carbocycles. The Morgan fingerprint density at radius 3 is 2.52 bits per heavy atom. The number of hydrogen-bond donors (Lipinski definition) is 2. The van der Waals surface area contributed by atoms with E-state index in [1.54, 1.807) is 0 Å². The predicted molar refractivity (Wildman–Crippen MR) is 124 cm³/mol. The van der Waals surface area contributed by atoms with Crippen LogP contribution in [0.2, 0.25) is 0 Å². The number of aliphatic imine (C=N–C) groups is 1. The molecule has 2 aromatic rings. The smallest absolute Gasteiger partial charge is 0.303 e. The van der Waals surface area contributed by atoms with Crippen molar-refractivity contribution < 1.29 is 19.8 Å². The minimum Gasteiger partial charge on any atom is -0.511 e. The molecule has 0 aliphatic heterocycles. The lowest BCUT2D eigenvalue weighted by Gasteiger charge is -2.31. The highest BCUT2D eigenvalue weighted by atomic mass is 16.4. The Balaban J connectivity index is 1.83. The normalized spacial score (nSPS) is 19.0. The van der Waals surface area contributed by atoms with Crippen molar-refractivity contribution in [3.63, 3.8) is 0 Å². The molecule has 1 fully saturated rings. The van der Waals surface area contributed by atoms with Gasteiger partial charge in [0.25, 0.3) is 0 Å². The monoisotopic (exact) mass is 421 g/mol. The van der Waals surface area contributed by atoms with Crippen LogP contribution in [0, 0.1) is 5.41 Å². The Bertz CT molecular complexity index is 1030. The number of Topliss-reactive ketones (excluding diaryl/α,β-unsaturated/α-hetero) is 1. The van der Waals surface area contributed by atoms with Gasteiger partial charge in [0.2, 0.25) is 0 Å². The maximum Gasteiger partial charge on any atom is 0.303 e. The van der Waals surface area contributed by atoms with Gasteiger partial charge in [0.15, 0.2) is 5.78 Å². The number of carboxylic acids is 1. The Labute approximate surface area is 183 Å². The summed E-state index contributed by atoms with van der Waals surface area (Å²) in [7, 11) is 0. The van der Waals surface area contributed by atoms with E-state index in [1.165, 1.54) is 0 Å². The van der Waals surface area contributed by atoms with Crippen molar-refractivity contribution in [3.8, 4) is 0 Å². The molecule has 1 aliphatic rings. The van der Waals surface area contributed by atoms with Crippen molar-refractivity contribution >= 4 is 28.2 Å². The highest BCUT2D eigenvalue weighted by Gasteiger charge is 2.36. The number of carbonyl (C=O) groups is 2. The van der Waals surface area contributed by atoms with Crippen molar-refractivity contribution in [1.29, 1.82) is 0 Å². The van der Waals surface area contributed by atoms with E-state index in [1.807, 2.05) is 56.3 Å². The quantitative estimate of drug-likeness (QED) is 0.327. The number of carbonyl (C=O) groups excluding carboxylic acids is 1. The molecule has 2 N–H and O–H groups in total. The molecule has 31 heavy (non-hydrogen) atoms. The molecule has 5 heteroatoms. The number of unbranched alkanes of at least 4 members (excludes halogenated alkanes) is 2. The number of fused-ring (bicyclic) bond motifs is 1. The van der Waals surface area contributed by atoms with Gasteiger partial charge in [-0.2, -0.15) is 0 Å². The number of rotatable bonds is 8. The fourth-order valence-corrected chi connectivity index (χ4v) is 4.24. The van der Waals surface area contributed by atoms with Gasteiger partial charge in [0.05, 0.1) is 5.57 Å². The molecule has 0 bridgehead atoms. The lowest BCUT2D eigenvalue weighted by Crippen LogP contribution is -2.33. The van der Waals surface area contributed by atoms with Gasteiger partial charge in [-0.25, -0.2) is 0 Å². The first-order valence-corrected chi connectivity index (χ1v) is 10.9. The fraction of sp³-hybridized carbons (Fsp3) is 0.423. The molecule has 5 nitrogen and oxygen atoms in total. The van der Waals surface area contributed by atoms with E-state index >= 15 is 0 Å². The van der Waals surface area contributed by atoms with E-state index in [0.29, 0.717) is 43.5 Å². The lowest BCUT2D eigenvalue weighted by atomic mass is 9.73. The van der Waals surface area contributed by atoms with E-state index in [0.717, 1.165) is 29.2 Å². The van der Waals surface area contributed by atoms with E-state index in [9.17, 15) is 14.7 Å². The first-order chi connectivity index (χ1) is 14.8. The van der Waals surface area contributed by atoms with E-state index in [4.69, 9.17) is 5.11 Å². The van der Waals surface area contributed by atoms with Crippen LogP contribution in [0.25, 0.3) is 10.8 Å². The van der Waals surface area contributed by atoms with E-state index < -0.39 is 5.97 Å². The third-order valence-electron chi connectivity index (χ3n) is 5.73. The summed E-state index contributed by atoms with van der Waals surface area (Å²) in [6, 6.07) is 14.0. The number of aliphatic hydroxyl groups excluding tert-OH is 1. The number of hydrogen-bond acceptors (Lipinski definition) is 4. The Kier molecular flexibility index (Phi) is 7.26. The van der Waals surface area contributed by atoms with Gasteiger partial charge in [0, 0.05) is 31.5 Å². The predicted octanol–water partition coefficient (Wildman–Crippen LogP) is 5.67. The Morgan fingerprint density at radius 2 is 1.74 bits per heavy atom. The molecule has 2 aromatic carbocycles. The molecule has 0 saturated heterocycles. The molecule has 0 radical (unpaired) electrons. The summed E-state index contributed by atoms with van der Waals surface area (Å²) in [5.41, 5.74) is 1.84. The molecular formula is C26H31NO4. The zero-order valence-corrected chi connectivity index (χ0v) is 18.4. The average molecular weight is 422 g/mol. The molecule has 0 unspecified atom stereocenters. The third-order valence-corrected chi connectivity index (χ3v) is 5.73. The molecule has 3 rings (SSSR count).